The minimum absolute atomic E-state index is 0.0570. The molecule has 18 heavy (non-hydrogen) atoms. The number of hydrogen-bond acceptors (Lipinski definition) is 2. The zero-order chi connectivity index (χ0) is 12.6. The standard InChI is InChI=1S/C16H21NO/c1-16(2)11-13-6-3-5-12(15(13)18-16)7-4-10-17-14-8-9-14/h3-7,14,17H,8-11H2,1-2H3. The van der Waals surface area contributed by atoms with Crippen molar-refractivity contribution in [1.29, 1.82) is 0 Å². The van der Waals surface area contributed by atoms with E-state index in [1.165, 1.54) is 24.0 Å². The second-order valence-electron chi connectivity index (χ2n) is 5.96. The first-order chi connectivity index (χ1) is 8.64. The molecule has 1 aliphatic heterocycles. The van der Waals surface area contributed by atoms with E-state index >= 15 is 0 Å². The quantitative estimate of drug-likeness (QED) is 0.877. The Kier molecular flexibility index (Phi) is 2.90. The van der Waals surface area contributed by atoms with Crippen LogP contribution in [0.4, 0.5) is 0 Å². The van der Waals surface area contributed by atoms with Crippen LogP contribution in [0, 0.1) is 0 Å². The monoisotopic (exact) mass is 243 g/mol. The number of ether oxygens (including phenoxy) is 1. The van der Waals surface area contributed by atoms with Gasteiger partial charge in [-0.3, -0.25) is 0 Å². The molecule has 2 nitrogen and oxygen atoms in total. The van der Waals surface area contributed by atoms with Crippen molar-refractivity contribution in [1.82, 2.24) is 5.32 Å². The molecule has 1 aromatic carbocycles. The van der Waals surface area contributed by atoms with Crippen LogP contribution in [0.25, 0.3) is 6.08 Å². The lowest BCUT2D eigenvalue weighted by Gasteiger charge is -2.17. The van der Waals surface area contributed by atoms with Gasteiger partial charge in [0.15, 0.2) is 0 Å². The Morgan fingerprint density at radius 2 is 2.22 bits per heavy atom. The van der Waals surface area contributed by atoms with Crippen LogP contribution in [0.3, 0.4) is 0 Å². The minimum Gasteiger partial charge on any atom is -0.487 e. The van der Waals surface area contributed by atoms with E-state index in [1.54, 1.807) is 0 Å². The van der Waals surface area contributed by atoms with Crippen molar-refractivity contribution in [3.8, 4) is 5.75 Å². The first-order valence-corrected chi connectivity index (χ1v) is 6.85. The lowest BCUT2D eigenvalue weighted by molar-refractivity contribution is 0.138. The van der Waals surface area contributed by atoms with Crippen molar-refractivity contribution in [2.45, 2.75) is 44.8 Å². The van der Waals surface area contributed by atoms with Crippen molar-refractivity contribution in [2.24, 2.45) is 0 Å². The minimum atomic E-state index is -0.0570. The van der Waals surface area contributed by atoms with Crippen molar-refractivity contribution in [3.05, 3.63) is 35.4 Å². The number of hydrogen-bond donors (Lipinski definition) is 1. The van der Waals surface area contributed by atoms with Gasteiger partial charge in [-0.25, -0.2) is 0 Å². The molecule has 0 atom stereocenters. The summed E-state index contributed by atoms with van der Waals surface area (Å²) >= 11 is 0. The molecule has 1 heterocycles. The van der Waals surface area contributed by atoms with Gasteiger partial charge in [0.2, 0.25) is 0 Å². The molecule has 0 aromatic heterocycles. The number of fused-ring (bicyclic) bond motifs is 1. The lowest BCUT2D eigenvalue weighted by Crippen LogP contribution is -2.24. The Hall–Kier alpha value is -1.28. The molecule has 0 amide bonds. The van der Waals surface area contributed by atoms with Gasteiger partial charge in [0.1, 0.15) is 11.4 Å². The summed E-state index contributed by atoms with van der Waals surface area (Å²) in [7, 11) is 0. The van der Waals surface area contributed by atoms with Gasteiger partial charge in [-0.1, -0.05) is 30.4 Å². The second kappa shape index (κ2) is 4.43. The predicted molar refractivity (Wildman–Crippen MR) is 74.9 cm³/mol. The fourth-order valence-electron chi connectivity index (χ4n) is 2.48. The first kappa shape index (κ1) is 11.8. The second-order valence-corrected chi connectivity index (χ2v) is 5.96. The van der Waals surface area contributed by atoms with E-state index in [2.05, 4.69) is 49.5 Å². The average Bonchev–Trinajstić information content (AvgIpc) is 3.06. The summed E-state index contributed by atoms with van der Waals surface area (Å²) in [6.07, 6.45) is 8.06. The van der Waals surface area contributed by atoms with Crippen LogP contribution in [0.1, 0.15) is 37.8 Å². The van der Waals surface area contributed by atoms with E-state index in [0.717, 1.165) is 24.8 Å². The van der Waals surface area contributed by atoms with Crippen LogP contribution >= 0.6 is 0 Å². The molecule has 0 unspecified atom stereocenters. The summed E-state index contributed by atoms with van der Waals surface area (Å²) < 4.78 is 6.04. The van der Waals surface area contributed by atoms with Crippen LogP contribution in [0.15, 0.2) is 24.3 Å². The van der Waals surface area contributed by atoms with Gasteiger partial charge in [-0.15, -0.1) is 0 Å². The topological polar surface area (TPSA) is 21.3 Å². The van der Waals surface area contributed by atoms with Crippen molar-refractivity contribution < 1.29 is 4.74 Å². The number of para-hydroxylation sites is 1. The fourth-order valence-corrected chi connectivity index (χ4v) is 2.48. The van der Waals surface area contributed by atoms with Gasteiger partial charge >= 0.3 is 0 Å². The Bertz CT molecular complexity index is 472. The van der Waals surface area contributed by atoms with Crippen LogP contribution < -0.4 is 10.1 Å². The molecule has 1 saturated carbocycles. The van der Waals surface area contributed by atoms with Crippen LogP contribution in [-0.2, 0) is 6.42 Å². The maximum atomic E-state index is 6.04. The molecule has 1 N–H and O–H groups in total. The summed E-state index contributed by atoms with van der Waals surface area (Å²) in [5.41, 5.74) is 2.48. The van der Waals surface area contributed by atoms with E-state index in [1.807, 2.05) is 0 Å². The molecule has 3 rings (SSSR count). The number of rotatable bonds is 4. The largest absolute Gasteiger partial charge is 0.487 e. The highest BCUT2D eigenvalue weighted by Crippen LogP contribution is 2.37. The van der Waals surface area contributed by atoms with E-state index in [4.69, 9.17) is 4.74 Å². The van der Waals surface area contributed by atoms with Crippen LogP contribution in [-0.4, -0.2) is 18.2 Å². The zero-order valence-corrected chi connectivity index (χ0v) is 11.2. The Labute approximate surface area is 109 Å². The van der Waals surface area contributed by atoms with Crippen molar-refractivity contribution in [3.63, 3.8) is 0 Å². The predicted octanol–water partition coefficient (Wildman–Crippen LogP) is 3.17. The average molecular weight is 243 g/mol. The first-order valence-electron chi connectivity index (χ1n) is 6.85. The molecule has 1 fully saturated rings. The molecular formula is C16H21NO. The maximum absolute atomic E-state index is 6.04. The summed E-state index contributed by atoms with van der Waals surface area (Å²) in [5.74, 6) is 1.07. The fraction of sp³-hybridized carbons (Fsp3) is 0.500. The summed E-state index contributed by atoms with van der Waals surface area (Å²) in [6.45, 7) is 5.25. The highest BCUT2D eigenvalue weighted by atomic mass is 16.5. The third kappa shape index (κ3) is 2.59. The molecule has 0 saturated heterocycles. The molecule has 1 aromatic rings. The van der Waals surface area contributed by atoms with Gasteiger partial charge in [0.25, 0.3) is 0 Å². The van der Waals surface area contributed by atoms with E-state index < -0.39 is 0 Å². The number of nitrogens with one attached hydrogen (secondary N) is 1. The normalized spacial score (nSPS) is 21.0. The third-order valence-electron chi connectivity index (χ3n) is 3.52. The van der Waals surface area contributed by atoms with Crippen LogP contribution in [0.5, 0.6) is 5.75 Å². The van der Waals surface area contributed by atoms with E-state index in [0.29, 0.717) is 0 Å². The Morgan fingerprint density at radius 3 is 3.00 bits per heavy atom. The van der Waals surface area contributed by atoms with Crippen molar-refractivity contribution in [2.75, 3.05) is 6.54 Å². The molecule has 0 bridgehead atoms. The smallest absolute Gasteiger partial charge is 0.130 e. The van der Waals surface area contributed by atoms with E-state index in [9.17, 15) is 0 Å². The molecule has 96 valence electrons. The maximum Gasteiger partial charge on any atom is 0.130 e. The third-order valence-corrected chi connectivity index (χ3v) is 3.52. The van der Waals surface area contributed by atoms with E-state index in [-0.39, 0.29) is 5.60 Å². The lowest BCUT2D eigenvalue weighted by atomic mass is 10.0. The van der Waals surface area contributed by atoms with Gasteiger partial charge in [-0.05, 0) is 32.3 Å². The van der Waals surface area contributed by atoms with Gasteiger partial charge in [0, 0.05) is 24.6 Å². The highest BCUT2D eigenvalue weighted by molar-refractivity contribution is 5.61. The van der Waals surface area contributed by atoms with Crippen LogP contribution in [0.2, 0.25) is 0 Å². The molecular weight excluding hydrogens is 222 g/mol. The Morgan fingerprint density at radius 1 is 1.39 bits per heavy atom. The Balaban J connectivity index is 1.71. The van der Waals surface area contributed by atoms with Gasteiger partial charge in [0.05, 0.1) is 0 Å². The molecule has 0 spiro atoms. The SMILES string of the molecule is CC1(C)Cc2cccc(C=CCNC3CC3)c2O1. The van der Waals surface area contributed by atoms with Gasteiger partial charge < -0.3 is 10.1 Å². The molecule has 2 heteroatoms. The van der Waals surface area contributed by atoms with Crippen molar-refractivity contribution >= 4 is 6.08 Å². The van der Waals surface area contributed by atoms with Gasteiger partial charge in [-0.2, -0.15) is 0 Å². The molecule has 1 aliphatic carbocycles. The number of benzene rings is 1. The highest BCUT2D eigenvalue weighted by Gasteiger charge is 2.30. The summed E-state index contributed by atoms with van der Waals surface area (Å²) in [6, 6.07) is 7.20. The zero-order valence-electron chi connectivity index (χ0n) is 11.2. The summed E-state index contributed by atoms with van der Waals surface area (Å²) in [4.78, 5) is 0. The molecule has 0 radical (unpaired) electrons. The summed E-state index contributed by atoms with van der Waals surface area (Å²) in [5, 5.41) is 3.48. The molecule has 2 aliphatic rings.